The van der Waals surface area contributed by atoms with Gasteiger partial charge in [0.1, 0.15) is 0 Å². The Balaban J connectivity index is 2.51. The first-order valence-electron chi connectivity index (χ1n) is 5.57. The van der Waals surface area contributed by atoms with Gasteiger partial charge in [-0.15, -0.1) is 0 Å². The van der Waals surface area contributed by atoms with E-state index in [-0.39, 0.29) is 13.0 Å². The molecule has 0 spiro atoms. The first kappa shape index (κ1) is 12.5. The lowest BCUT2D eigenvalue weighted by Gasteiger charge is -2.29. The Hall–Kier alpha value is -1.92. The number of rotatable bonds is 3. The molecule has 0 fully saturated rings. The number of hydrazone groups is 1. The van der Waals surface area contributed by atoms with Gasteiger partial charge in [-0.1, -0.05) is 18.2 Å². The van der Waals surface area contributed by atoms with E-state index in [2.05, 4.69) is 5.10 Å². The van der Waals surface area contributed by atoms with Crippen LogP contribution in [0.1, 0.15) is 18.9 Å². The number of carbonyl (C=O) groups is 1. The van der Waals surface area contributed by atoms with Gasteiger partial charge in [-0.3, -0.25) is 0 Å². The number of para-hydroxylation sites is 1. The predicted molar refractivity (Wildman–Crippen MR) is 67.1 cm³/mol. The lowest BCUT2D eigenvalue weighted by atomic mass is 10.1. The molecule has 1 aromatic rings. The number of benzene rings is 1. The number of aliphatic carboxylic acids is 1. The lowest BCUT2D eigenvalue weighted by Crippen LogP contribution is -2.50. The van der Waals surface area contributed by atoms with Crippen molar-refractivity contribution in [3.63, 3.8) is 0 Å². The fraction of sp³-hybridized carbons (Fsp3) is 0.333. The highest BCUT2D eigenvalue weighted by molar-refractivity contribution is 5.96. The molecule has 96 valence electrons. The molecule has 0 bridgehead atoms. The van der Waals surface area contributed by atoms with E-state index >= 15 is 0 Å². The molecule has 2 rings (SSSR count). The molecule has 1 aromatic carbocycles. The van der Waals surface area contributed by atoms with Crippen LogP contribution in [0.25, 0.3) is 0 Å². The molecule has 4 N–H and O–H groups in total. The van der Waals surface area contributed by atoms with Gasteiger partial charge in [0.05, 0.1) is 5.69 Å². The highest BCUT2D eigenvalue weighted by Crippen LogP contribution is 2.33. The zero-order valence-corrected chi connectivity index (χ0v) is 10.00. The Kier molecular flexibility index (Phi) is 3.06. The van der Waals surface area contributed by atoms with Crippen molar-refractivity contribution in [1.82, 2.24) is 0 Å². The normalized spacial score (nSPS) is 23.1. The molecule has 0 amide bonds. The SMILES string of the molecule is CC1=NN(c2ccccc2CN)C(O)(C(=O)O)C1. The Morgan fingerprint density at radius 3 is 2.83 bits per heavy atom. The van der Waals surface area contributed by atoms with Crippen molar-refractivity contribution < 1.29 is 15.0 Å². The van der Waals surface area contributed by atoms with Gasteiger partial charge < -0.3 is 15.9 Å². The van der Waals surface area contributed by atoms with E-state index in [1.54, 1.807) is 31.2 Å². The maximum absolute atomic E-state index is 11.3. The topological polar surface area (TPSA) is 99.1 Å². The van der Waals surface area contributed by atoms with Gasteiger partial charge in [0.25, 0.3) is 5.72 Å². The average molecular weight is 249 g/mol. The van der Waals surface area contributed by atoms with Crippen molar-refractivity contribution in [2.45, 2.75) is 25.6 Å². The van der Waals surface area contributed by atoms with E-state index < -0.39 is 11.7 Å². The van der Waals surface area contributed by atoms with Crippen LogP contribution in [-0.2, 0) is 11.3 Å². The zero-order chi connectivity index (χ0) is 13.3. The van der Waals surface area contributed by atoms with Gasteiger partial charge in [-0.05, 0) is 18.6 Å². The van der Waals surface area contributed by atoms with E-state index in [0.717, 1.165) is 10.6 Å². The second-order valence-corrected chi connectivity index (χ2v) is 4.28. The summed E-state index contributed by atoms with van der Waals surface area (Å²) in [6.07, 6.45) is -0.0265. The molecule has 0 saturated carbocycles. The summed E-state index contributed by atoms with van der Waals surface area (Å²) >= 11 is 0. The highest BCUT2D eigenvalue weighted by Gasteiger charge is 2.48. The number of nitrogens with two attached hydrogens (primary N) is 1. The number of carboxylic acid groups (broad SMARTS) is 1. The smallest absolute Gasteiger partial charge is 0.359 e. The molecule has 0 radical (unpaired) electrons. The standard InChI is InChI=1S/C12H15N3O3/c1-8-6-12(18,11(16)17)15(14-8)10-5-3-2-4-9(10)7-13/h2-5,18H,6-7,13H2,1H3,(H,16,17). The molecule has 1 atom stereocenters. The zero-order valence-electron chi connectivity index (χ0n) is 10.00. The summed E-state index contributed by atoms with van der Waals surface area (Å²) in [4.78, 5) is 11.3. The maximum Gasteiger partial charge on any atom is 0.359 e. The molecule has 1 unspecified atom stereocenters. The predicted octanol–water partition coefficient (Wildman–Crippen LogP) is 0.505. The average Bonchev–Trinajstić information content (AvgIpc) is 2.66. The second kappa shape index (κ2) is 4.40. The summed E-state index contributed by atoms with van der Waals surface area (Å²) in [7, 11) is 0. The number of hydrogen-bond donors (Lipinski definition) is 3. The molecule has 6 heteroatoms. The van der Waals surface area contributed by atoms with Crippen LogP contribution < -0.4 is 10.7 Å². The van der Waals surface area contributed by atoms with Crippen LogP contribution in [0, 0.1) is 0 Å². The fourth-order valence-corrected chi connectivity index (χ4v) is 2.03. The maximum atomic E-state index is 11.3. The van der Waals surface area contributed by atoms with E-state index in [0.29, 0.717) is 11.4 Å². The van der Waals surface area contributed by atoms with Gasteiger partial charge in [-0.25, -0.2) is 9.80 Å². The molecule has 0 saturated heterocycles. The molecular weight excluding hydrogens is 234 g/mol. The van der Waals surface area contributed by atoms with Gasteiger partial charge in [-0.2, -0.15) is 5.10 Å². The summed E-state index contributed by atoms with van der Waals surface area (Å²) in [6.45, 7) is 1.93. The number of hydrogen-bond acceptors (Lipinski definition) is 5. The van der Waals surface area contributed by atoms with E-state index in [1.165, 1.54) is 0 Å². The van der Waals surface area contributed by atoms with E-state index in [1.807, 2.05) is 0 Å². The van der Waals surface area contributed by atoms with Crippen LogP contribution >= 0.6 is 0 Å². The van der Waals surface area contributed by atoms with Crippen molar-refractivity contribution in [3.05, 3.63) is 29.8 Å². The summed E-state index contributed by atoms with van der Waals surface area (Å²) in [5.74, 6) is -1.32. The number of carboxylic acids is 1. The van der Waals surface area contributed by atoms with Gasteiger partial charge in [0, 0.05) is 18.7 Å². The van der Waals surface area contributed by atoms with Gasteiger partial charge in [0.2, 0.25) is 0 Å². The van der Waals surface area contributed by atoms with Crippen molar-refractivity contribution in [2.24, 2.45) is 10.8 Å². The number of aliphatic hydroxyl groups is 1. The molecule has 18 heavy (non-hydrogen) atoms. The first-order valence-corrected chi connectivity index (χ1v) is 5.57. The Labute approximate surface area is 104 Å². The molecule has 1 aliphatic rings. The molecule has 1 aliphatic heterocycles. The van der Waals surface area contributed by atoms with Crippen LogP contribution in [0.5, 0.6) is 0 Å². The quantitative estimate of drug-likeness (QED) is 0.724. The summed E-state index contributed by atoms with van der Waals surface area (Å²) in [5.41, 5.74) is 5.39. The van der Waals surface area contributed by atoms with E-state index in [4.69, 9.17) is 5.73 Å². The largest absolute Gasteiger partial charge is 0.478 e. The molecule has 0 aromatic heterocycles. The van der Waals surface area contributed by atoms with Crippen LogP contribution in [0.4, 0.5) is 5.69 Å². The van der Waals surface area contributed by atoms with Crippen molar-refractivity contribution in [1.29, 1.82) is 0 Å². The molecule has 1 heterocycles. The summed E-state index contributed by atoms with van der Waals surface area (Å²) in [5, 5.41) is 24.7. The Morgan fingerprint density at radius 1 is 1.56 bits per heavy atom. The molecule has 0 aliphatic carbocycles. The summed E-state index contributed by atoms with van der Waals surface area (Å²) < 4.78 is 0. The van der Waals surface area contributed by atoms with Crippen LogP contribution in [0.15, 0.2) is 29.4 Å². The number of anilines is 1. The highest BCUT2D eigenvalue weighted by atomic mass is 16.4. The van der Waals surface area contributed by atoms with Crippen LogP contribution in [0.2, 0.25) is 0 Å². The monoisotopic (exact) mass is 249 g/mol. The minimum absolute atomic E-state index is 0.0265. The Morgan fingerprint density at radius 2 is 2.22 bits per heavy atom. The molecular formula is C12H15N3O3. The van der Waals surface area contributed by atoms with Gasteiger partial charge >= 0.3 is 5.97 Å². The second-order valence-electron chi connectivity index (χ2n) is 4.28. The summed E-state index contributed by atoms with van der Waals surface area (Å²) in [6, 6.07) is 7.02. The van der Waals surface area contributed by atoms with Crippen LogP contribution in [-0.4, -0.2) is 27.6 Å². The number of nitrogens with zero attached hydrogens (tertiary/aromatic N) is 2. The van der Waals surface area contributed by atoms with E-state index in [9.17, 15) is 15.0 Å². The van der Waals surface area contributed by atoms with Crippen molar-refractivity contribution in [2.75, 3.05) is 5.01 Å². The third-order valence-electron chi connectivity index (χ3n) is 2.91. The lowest BCUT2D eigenvalue weighted by molar-refractivity contribution is -0.157. The fourth-order valence-electron chi connectivity index (χ4n) is 2.03. The van der Waals surface area contributed by atoms with Crippen LogP contribution in [0.3, 0.4) is 0 Å². The minimum Gasteiger partial charge on any atom is -0.478 e. The minimum atomic E-state index is -2.03. The third kappa shape index (κ3) is 1.85. The first-order chi connectivity index (χ1) is 8.49. The third-order valence-corrected chi connectivity index (χ3v) is 2.91. The Bertz CT molecular complexity index is 515. The van der Waals surface area contributed by atoms with Crippen molar-refractivity contribution >= 4 is 17.4 Å². The molecule has 6 nitrogen and oxygen atoms in total. The van der Waals surface area contributed by atoms with Gasteiger partial charge in [0.15, 0.2) is 0 Å². The van der Waals surface area contributed by atoms with Crippen molar-refractivity contribution in [3.8, 4) is 0 Å².